The van der Waals surface area contributed by atoms with Gasteiger partial charge >= 0.3 is 5.97 Å². The second kappa shape index (κ2) is 3.76. The van der Waals surface area contributed by atoms with Gasteiger partial charge in [0.2, 0.25) is 0 Å². The molecular weight excluding hydrogens is 176 g/mol. The Morgan fingerprint density at radius 1 is 1.50 bits per heavy atom. The molecule has 2 aliphatic rings. The van der Waals surface area contributed by atoms with Crippen LogP contribution in [0, 0.1) is 11.3 Å². The Hall–Kier alpha value is -0.790. The number of rotatable bonds is 3. The van der Waals surface area contributed by atoms with Crippen LogP contribution in [-0.4, -0.2) is 12.6 Å². The Kier molecular flexibility index (Phi) is 2.62. The molecule has 2 bridgehead atoms. The van der Waals surface area contributed by atoms with Crippen LogP contribution in [0.1, 0.15) is 39.0 Å². The van der Waals surface area contributed by atoms with Gasteiger partial charge in [-0.05, 0) is 44.9 Å². The quantitative estimate of drug-likeness (QED) is 0.510. The minimum absolute atomic E-state index is 0.183. The molecule has 0 aromatic carbocycles. The molecule has 0 aromatic heterocycles. The molecule has 0 radical (unpaired) electrons. The summed E-state index contributed by atoms with van der Waals surface area (Å²) in [6.07, 6.45) is 9.74. The zero-order valence-corrected chi connectivity index (χ0v) is 8.79. The summed E-state index contributed by atoms with van der Waals surface area (Å²) in [5.41, 5.74) is 0.363. The predicted molar refractivity (Wildman–Crippen MR) is 54.8 cm³/mol. The van der Waals surface area contributed by atoms with E-state index >= 15 is 0 Å². The average molecular weight is 194 g/mol. The summed E-state index contributed by atoms with van der Waals surface area (Å²) < 4.78 is 5.26. The van der Waals surface area contributed by atoms with Crippen molar-refractivity contribution < 1.29 is 9.53 Å². The van der Waals surface area contributed by atoms with Crippen LogP contribution in [0.5, 0.6) is 0 Å². The van der Waals surface area contributed by atoms with Crippen LogP contribution in [0.2, 0.25) is 0 Å². The van der Waals surface area contributed by atoms with Crippen LogP contribution in [-0.2, 0) is 9.53 Å². The zero-order valence-electron chi connectivity index (χ0n) is 8.79. The Labute approximate surface area is 85.3 Å². The van der Waals surface area contributed by atoms with Crippen LogP contribution in [0.15, 0.2) is 12.2 Å². The lowest BCUT2D eigenvalue weighted by atomic mass is 9.85. The molecule has 2 aliphatic carbocycles. The van der Waals surface area contributed by atoms with E-state index in [2.05, 4.69) is 0 Å². The molecular formula is C12H18O2. The van der Waals surface area contributed by atoms with Crippen molar-refractivity contribution in [2.75, 3.05) is 6.61 Å². The number of allylic oxidation sites excluding steroid dienone is 1. The highest BCUT2D eigenvalue weighted by Gasteiger charge is 2.45. The third-order valence-electron chi connectivity index (χ3n) is 3.71. The second-order valence-electron chi connectivity index (χ2n) is 4.76. The van der Waals surface area contributed by atoms with E-state index in [1.165, 1.54) is 38.2 Å². The fourth-order valence-electron chi connectivity index (χ4n) is 2.92. The Morgan fingerprint density at radius 2 is 2.21 bits per heavy atom. The number of esters is 1. The van der Waals surface area contributed by atoms with Crippen LogP contribution >= 0.6 is 0 Å². The fraction of sp³-hybridized carbons (Fsp3) is 0.750. The largest absolute Gasteiger partial charge is 0.462 e. The van der Waals surface area contributed by atoms with Gasteiger partial charge in [0, 0.05) is 11.5 Å². The van der Waals surface area contributed by atoms with Crippen molar-refractivity contribution in [2.24, 2.45) is 11.3 Å². The molecule has 14 heavy (non-hydrogen) atoms. The molecule has 0 spiro atoms. The van der Waals surface area contributed by atoms with Gasteiger partial charge in [0.25, 0.3) is 0 Å². The average Bonchev–Trinajstić information content (AvgIpc) is 2.75. The summed E-state index contributed by atoms with van der Waals surface area (Å²) in [4.78, 5) is 11.2. The van der Waals surface area contributed by atoms with Gasteiger partial charge in [0.15, 0.2) is 0 Å². The molecule has 0 N–H and O–H groups in total. The number of fused-ring (bicyclic) bond motifs is 2. The lowest BCUT2D eigenvalue weighted by Gasteiger charge is -2.25. The smallest absolute Gasteiger partial charge is 0.330 e. The number of carbonyl (C=O) groups excluding carboxylic acids is 1. The van der Waals surface area contributed by atoms with Gasteiger partial charge in [0.1, 0.15) is 0 Å². The molecule has 0 heterocycles. The molecule has 0 atom stereocenters. The summed E-state index contributed by atoms with van der Waals surface area (Å²) >= 11 is 0. The minimum Gasteiger partial charge on any atom is -0.462 e. The van der Waals surface area contributed by atoms with Crippen molar-refractivity contribution in [3.8, 4) is 0 Å². The van der Waals surface area contributed by atoms with Crippen molar-refractivity contribution in [2.45, 2.75) is 39.0 Å². The molecule has 0 unspecified atom stereocenters. The fourth-order valence-corrected chi connectivity index (χ4v) is 2.92. The topological polar surface area (TPSA) is 26.3 Å². The molecule has 0 aliphatic heterocycles. The van der Waals surface area contributed by atoms with E-state index in [1.54, 1.807) is 6.08 Å². The van der Waals surface area contributed by atoms with Gasteiger partial charge in [0.05, 0.1) is 6.61 Å². The minimum atomic E-state index is -0.183. The van der Waals surface area contributed by atoms with Crippen molar-refractivity contribution in [1.29, 1.82) is 0 Å². The summed E-state index contributed by atoms with van der Waals surface area (Å²) in [7, 11) is 0. The highest BCUT2D eigenvalue weighted by molar-refractivity contribution is 5.81. The highest BCUT2D eigenvalue weighted by Crippen LogP contribution is 2.54. The van der Waals surface area contributed by atoms with E-state index in [0.29, 0.717) is 12.0 Å². The lowest BCUT2D eigenvalue weighted by molar-refractivity contribution is -0.141. The maximum Gasteiger partial charge on any atom is 0.330 e. The molecule has 0 aromatic rings. The first-order valence-corrected chi connectivity index (χ1v) is 5.54. The first-order chi connectivity index (χ1) is 6.74. The summed E-state index contributed by atoms with van der Waals surface area (Å²) in [5, 5.41) is 0. The maximum atomic E-state index is 11.2. The third-order valence-corrected chi connectivity index (χ3v) is 3.71. The summed E-state index contributed by atoms with van der Waals surface area (Å²) in [5.74, 6) is 0.743. The van der Waals surface area contributed by atoms with Gasteiger partial charge in [-0.25, -0.2) is 4.79 Å². The van der Waals surface area contributed by atoms with Crippen LogP contribution < -0.4 is 0 Å². The highest BCUT2D eigenvalue weighted by atomic mass is 16.5. The first-order valence-electron chi connectivity index (χ1n) is 5.54. The zero-order chi connectivity index (χ0) is 10.0. The van der Waals surface area contributed by atoms with Crippen molar-refractivity contribution in [1.82, 2.24) is 0 Å². The standard InChI is InChI=1S/C12H18O2/c1-2-3-11(13)14-9-12-6-4-10(8-12)5-7-12/h2-3,10H,4-9H2,1H3. The molecule has 2 rings (SSSR count). The first kappa shape index (κ1) is 9.75. The van der Waals surface area contributed by atoms with Crippen LogP contribution in [0.4, 0.5) is 0 Å². The van der Waals surface area contributed by atoms with E-state index in [0.717, 1.165) is 5.92 Å². The van der Waals surface area contributed by atoms with Gasteiger partial charge in [-0.3, -0.25) is 0 Å². The number of hydrogen-bond donors (Lipinski definition) is 0. The second-order valence-corrected chi connectivity index (χ2v) is 4.76. The molecule has 0 saturated heterocycles. The molecule has 0 amide bonds. The van der Waals surface area contributed by atoms with E-state index in [4.69, 9.17) is 4.74 Å². The molecule has 2 fully saturated rings. The number of ether oxygens (including phenoxy) is 1. The van der Waals surface area contributed by atoms with Gasteiger partial charge in [-0.1, -0.05) is 6.08 Å². The Morgan fingerprint density at radius 3 is 2.71 bits per heavy atom. The lowest BCUT2D eigenvalue weighted by Crippen LogP contribution is -2.23. The summed E-state index contributed by atoms with van der Waals surface area (Å²) in [6, 6.07) is 0. The van der Waals surface area contributed by atoms with E-state index < -0.39 is 0 Å². The Balaban J connectivity index is 1.83. The van der Waals surface area contributed by atoms with Gasteiger partial charge < -0.3 is 4.74 Å². The van der Waals surface area contributed by atoms with Crippen LogP contribution in [0.3, 0.4) is 0 Å². The maximum absolute atomic E-state index is 11.2. The van der Waals surface area contributed by atoms with Crippen molar-refractivity contribution in [3.05, 3.63) is 12.2 Å². The molecule has 2 heteroatoms. The predicted octanol–water partition coefficient (Wildman–Crippen LogP) is 2.69. The monoisotopic (exact) mass is 194 g/mol. The van der Waals surface area contributed by atoms with Crippen molar-refractivity contribution >= 4 is 5.97 Å². The number of hydrogen-bond acceptors (Lipinski definition) is 2. The molecule has 78 valence electrons. The van der Waals surface area contributed by atoms with Gasteiger partial charge in [-0.15, -0.1) is 0 Å². The summed E-state index contributed by atoms with van der Waals surface area (Å²) in [6.45, 7) is 2.48. The Bertz CT molecular complexity index is 247. The van der Waals surface area contributed by atoms with Crippen molar-refractivity contribution in [3.63, 3.8) is 0 Å². The normalized spacial score (nSPS) is 35.4. The number of carbonyl (C=O) groups is 1. The van der Waals surface area contributed by atoms with E-state index in [-0.39, 0.29) is 5.97 Å². The molecule has 2 saturated carbocycles. The van der Waals surface area contributed by atoms with E-state index in [1.807, 2.05) is 6.92 Å². The van der Waals surface area contributed by atoms with Gasteiger partial charge in [-0.2, -0.15) is 0 Å². The SMILES string of the molecule is CC=CC(=O)OCC12CCC(CC1)C2. The van der Waals surface area contributed by atoms with E-state index in [9.17, 15) is 4.79 Å². The molecule has 2 nitrogen and oxygen atoms in total. The van der Waals surface area contributed by atoms with Crippen LogP contribution in [0.25, 0.3) is 0 Å². The third kappa shape index (κ3) is 1.84.